The molecule has 3 aromatic rings. The maximum Gasteiger partial charge on any atom is 0.157 e. The van der Waals surface area contributed by atoms with Gasteiger partial charge in [-0.3, -0.25) is 0 Å². The van der Waals surface area contributed by atoms with Crippen LogP contribution in [0.4, 0.5) is 5.69 Å². The molecule has 116 valence electrons. The van der Waals surface area contributed by atoms with Gasteiger partial charge in [-0.25, -0.2) is 0 Å². The summed E-state index contributed by atoms with van der Waals surface area (Å²) >= 11 is 0. The summed E-state index contributed by atoms with van der Waals surface area (Å²) in [5.41, 5.74) is 5.74. The molecule has 4 rings (SSSR count). The molecule has 0 aliphatic carbocycles. The van der Waals surface area contributed by atoms with Crippen molar-refractivity contribution in [3.8, 4) is 5.69 Å². The van der Waals surface area contributed by atoms with Crippen molar-refractivity contribution < 1.29 is 4.52 Å². The van der Waals surface area contributed by atoms with Gasteiger partial charge in [-0.1, -0.05) is 47.6 Å². The maximum absolute atomic E-state index is 5.30. The zero-order valence-corrected chi connectivity index (χ0v) is 13.4. The van der Waals surface area contributed by atoms with Crippen molar-refractivity contribution >= 4 is 11.8 Å². The van der Waals surface area contributed by atoms with Crippen LogP contribution in [0.15, 0.2) is 53.3 Å². The van der Waals surface area contributed by atoms with Gasteiger partial charge in [0.15, 0.2) is 5.76 Å². The van der Waals surface area contributed by atoms with Crippen molar-refractivity contribution in [1.82, 2.24) is 9.72 Å². The van der Waals surface area contributed by atoms with Gasteiger partial charge in [0.25, 0.3) is 0 Å². The average molecular weight is 305 g/mol. The van der Waals surface area contributed by atoms with Crippen molar-refractivity contribution in [2.24, 2.45) is 0 Å². The number of anilines is 1. The van der Waals surface area contributed by atoms with E-state index in [1.54, 1.807) is 0 Å². The molecule has 1 aliphatic heterocycles. The number of aromatic nitrogens is 2. The second kappa shape index (κ2) is 5.47. The summed E-state index contributed by atoms with van der Waals surface area (Å²) in [7, 11) is 0. The second-order valence-corrected chi connectivity index (χ2v) is 5.95. The molecule has 3 heterocycles. The fraction of sp³-hybridized carbons (Fsp3) is 0.211. The van der Waals surface area contributed by atoms with E-state index in [9.17, 15) is 0 Å². The topological polar surface area (TPSA) is 34.2 Å². The first kappa shape index (κ1) is 13.9. The van der Waals surface area contributed by atoms with Gasteiger partial charge in [-0.05, 0) is 19.4 Å². The van der Waals surface area contributed by atoms with Crippen LogP contribution < -0.4 is 4.90 Å². The van der Waals surface area contributed by atoms with E-state index in [1.165, 1.54) is 16.8 Å². The largest absolute Gasteiger partial charge is 0.362 e. The van der Waals surface area contributed by atoms with E-state index in [4.69, 9.17) is 4.52 Å². The highest BCUT2D eigenvalue weighted by Crippen LogP contribution is 2.31. The zero-order chi connectivity index (χ0) is 15.8. The number of hydrogen-bond acceptors (Lipinski definition) is 3. The first-order valence-corrected chi connectivity index (χ1v) is 7.83. The SMILES string of the molecule is Cc1noc(C)c1-n1cc2c(c1)N(Cc1ccccc1)CC=C2. The highest BCUT2D eigenvalue weighted by molar-refractivity contribution is 5.72. The normalized spacial score (nSPS) is 13.4. The summed E-state index contributed by atoms with van der Waals surface area (Å²) in [6.45, 7) is 5.76. The first-order valence-electron chi connectivity index (χ1n) is 7.83. The maximum atomic E-state index is 5.30. The summed E-state index contributed by atoms with van der Waals surface area (Å²) in [5, 5.41) is 4.06. The Morgan fingerprint density at radius 2 is 1.96 bits per heavy atom. The van der Waals surface area contributed by atoms with Gasteiger partial charge in [0.2, 0.25) is 0 Å². The van der Waals surface area contributed by atoms with Crippen molar-refractivity contribution in [1.29, 1.82) is 0 Å². The van der Waals surface area contributed by atoms with E-state index >= 15 is 0 Å². The van der Waals surface area contributed by atoms with Crippen LogP contribution >= 0.6 is 0 Å². The molecule has 2 aromatic heterocycles. The Labute approximate surface area is 135 Å². The Bertz CT molecular complexity index is 839. The fourth-order valence-corrected chi connectivity index (χ4v) is 3.19. The molecule has 1 aromatic carbocycles. The molecule has 0 spiro atoms. The highest BCUT2D eigenvalue weighted by Gasteiger charge is 2.19. The van der Waals surface area contributed by atoms with E-state index < -0.39 is 0 Å². The highest BCUT2D eigenvalue weighted by atomic mass is 16.5. The Balaban J connectivity index is 1.70. The van der Waals surface area contributed by atoms with Crippen LogP contribution in [0.5, 0.6) is 0 Å². The quantitative estimate of drug-likeness (QED) is 0.730. The average Bonchev–Trinajstić information content (AvgIpc) is 3.12. The van der Waals surface area contributed by atoms with Crippen molar-refractivity contribution in [3.05, 3.63) is 71.4 Å². The minimum absolute atomic E-state index is 0.841. The van der Waals surface area contributed by atoms with Crippen LogP contribution in [0.1, 0.15) is 22.6 Å². The van der Waals surface area contributed by atoms with E-state index in [0.29, 0.717) is 0 Å². The molecule has 0 amide bonds. The van der Waals surface area contributed by atoms with Crippen LogP contribution in [0, 0.1) is 13.8 Å². The lowest BCUT2D eigenvalue weighted by Gasteiger charge is -2.25. The van der Waals surface area contributed by atoms with Crippen molar-refractivity contribution in [3.63, 3.8) is 0 Å². The molecule has 0 N–H and O–H groups in total. The number of nitrogens with zero attached hydrogens (tertiary/aromatic N) is 3. The predicted molar refractivity (Wildman–Crippen MR) is 91.8 cm³/mol. The van der Waals surface area contributed by atoms with Crippen LogP contribution in [-0.4, -0.2) is 16.3 Å². The second-order valence-electron chi connectivity index (χ2n) is 5.95. The van der Waals surface area contributed by atoms with Gasteiger partial charge >= 0.3 is 0 Å². The molecule has 23 heavy (non-hydrogen) atoms. The Kier molecular flexibility index (Phi) is 3.30. The smallest absolute Gasteiger partial charge is 0.157 e. The summed E-state index contributed by atoms with van der Waals surface area (Å²) in [5.74, 6) is 0.841. The predicted octanol–water partition coefficient (Wildman–Crippen LogP) is 4.12. The molecular formula is C19H19N3O. The molecule has 0 unspecified atom stereocenters. The monoisotopic (exact) mass is 305 g/mol. The van der Waals surface area contributed by atoms with E-state index in [-0.39, 0.29) is 0 Å². The summed E-state index contributed by atoms with van der Waals surface area (Å²) in [4.78, 5) is 2.39. The molecule has 1 aliphatic rings. The van der Waals surface area contributed by atoms with Gasteiger partial charge in [-0.15, -0.1) is 0 Å². The van der Waals surface area contributed by atoms with E-state index in [1.807, 2.05) is 13.8 Å². The third-order valence-electron chi connectivity index (χ3n) is 4.27. The van der Waals surface area contributed by atoms with Crippen molar-refractivity contribution in [2.45, 2.75) is 20.4 Å². The zero-order valence-electron chi connectivity index (χ0n) is 13.4. The summed E-state index contributed by atoms with van der Waals surface area (Å²) in [6.07, 6.45) is 8.72. The summed E-state index contributed by atoms with van der Waals surface area (Å²) < 4.78 is 7.43. The molecule has 0 fully saturated rings. The van der Waals surface area contributed by atoms with Crippen LogP contribution in [0.3, 0.4) is 0 Å². The molecule has 0 saturated carbocycles. The minimum atomic E-state index is 0.841. The molecule has 0 saturated heterocycles. The Morgan fingerprint density at radius 1 is 1.13 bits per heavy atom. The number of aryl methyl sites for hydroxylation is 2. The number of hydrogen-bond donors (Lipinski definition) is 0. The molecule has 0 radical (unpaired) electrons. The lowest BCUT2D eigenvalue weighted by Crippen LogP contribution is -2.24. The molecule has 0 atom stereocenters. The molecule has 4 nitrogen and oxygen atoms in total. The van der Waals surface area contributed by atoms with Crippen LogP contribution in [0.2, 0.25) is 0 Å². The van der Waals surface area contributed by atoms with Crippen LogP contribution in [-0.2, 0) is 6.54 Å². The standard InChI is InChI=1S/C19H19N3O/c1-14-19(15(2)23-20-14)22-12-17-9-6-10-21(18(17)13-22)11-16-7-4-3-5-8-16/h3-9,12-13H,10-11H2,1-2H3. The molecule has 4 heteroatoms. The lowest BCUT2D eigenvalue weighted by molar-refractivity contribution is 0.393. The molecular weight excluding hydrogens is 286 g/mol. The minimum Gasteiger partial charge on any atom is -0.362 e. The Morgan fingerprint density at radius 3 is 2.70 bits per heavy atom. The van der Waals surface area contributed by atoms with Crippen LogP contribution in [0.25, 0.3) is 11.8 Å². The van der Waals surface area contributed by atoms with Gasteiger partial charge in [0, 0.05) is 31.0 Å². The van der Waals surface area contributed by atoms with Crippen molar-refractivity contribution in [2.75, 3.05) is 11.4 Å². The number of benzene rings is 1. The van der Waals surface area contributed by atoms with E-state index in [0.717, 1.165) is 30.2 Å². The van der Waals surface area contributed by atoms with Gasteiger partial charge in [0.05, 0.1) is 5.69 Å². The molecule has 0 bridgehead atoms. The van der Waals surface area contributed by atoms with Gasteiger partial charge in [-0.2, -0.15) is 0 Å². The van der Waals surface area contributed by atoms with Gasteiger partial charge < -0.3 is 14.0 Å². The first-order chi connectivity index (χ1) is 11.2. The third kappa shape index (κ3) is 2.46. The lowest BCUT2D eigenvalue weighted by atomic mass is 10.1. The summed E-state index contributed by atoms with van der Waals surface area (Å²) in [6, 6.07) is 10.6. The number of fused-ring (bicyclic) bond motifs is 1. The number of rotatable bonds is 3. The third-order valence-corrected chi connectivity index (χ3v) is 4.27. The van der Waals surface area contributed by atoms with Gasteiger partial charge in [0.1, 0.15) is 11.4 Å². The van der Waals surface area contributed by atoms with E-state index in [2.05, 4.69) is 69.5 Å². The fourth-order valence-electron chi connectivity index (χ4n) is 3.19. The Hall–Kier alpha value is -2.75.